The van der Waals surface area contributed by atoms with Crippen molar-refractivity contribution in [1.82, 2.24) is 14.9 Å². The van der Waals surface area contributed by atoms with Crippen LogP contribution >= 0.6 is 11.3 Å². The van der Waals surface area contributed by atoms with E-state index in [-0.39, 0.29) is 12.1 Å². The van der Waals surface area contributed by atoms with Crippen molar-refractivity contribution < 1.29 is 6.85 Å². The maximum absolute atomic E-state index is 8.35. The standard InChI is InChI=1S/C17H24N4S/c1-21(2)12-8-6-11(7-9-12)20-16-15-13-4-3-5-14(13)22-17(15)19-10-18-16/h10-12H,3-9H2,1-2H3,(H,18,19,20)/i1D3,4D2. The van der Waals surface area contributed by atoms with Gasteiger partial charge in [0.1, 0.15) is 17.0 Å². The number of nitrogens with one attached hydrogen (secondary N) is 1. The quantitative estimate of drug-likeness (QED) is 0.940. The highest BCUT2D eigenvalue weighted by Gasteiger charge is 2.25. The van der Waals surface area contributed by atoms with Crippen LogP contribution in [-0.2, 0) is 12.8 Å². The zero-order valence-electron chi connectivity index (χ0n) is 17.7. The Morgan fingerprint density at radius 2 is 2.23 bits per heavy atom. The van der Waals surface area contributed by atoms with Gasteiger partial charge >= 0.3 is 0 Å². The van der Waals surface area contributed by atoms with Crippen LogP contribution in [0.1, 0.15) is 49.4 Å². The normalized spacial score (nSPS) is 31.1. The summed E-state index contributed by atoms with van der Waals surface area (Å²) in [7, 11) is 1.68. The first-order valence-electron chi connectivity index (χ1n) is 10.4. The van der Waals surface area contributed by atoms with Crippen LogP contribution in [0.2, 0.25) is 0 Å². The molecule has 0 spiro atoms. The molecule has 22 heavy (non-hydrogen) atoms. The second-order valence-corrected chi connectivity index (χ2v) is 7.32. The first kappa shape index (κ1) is 9.83. The number of thiophene rings is 1. The Labute approximate surface area is 143 Å². The molecular weight excluding hydrogens is 292 g/mol. The fraction of sp³-hybridized carbons (Fsp3) is 0.647. The van der Waals surface area contributed by atoms with Gasteiger partial charge in [-0.05, 0) is 64.5 Å². The van der Waals surface area contributed by atoms with E-state index in [1.807, 2.05) is 0 Å². The lowest BCUT2D eigenvalue weighted by molar-refractivity contribution is 0.221. The van der Waals surface area contributed by atoms with Gasteiger partial charge in [-0.3, -0.25) is 0 Å². The van der Waals surface area contributed by atoms with Crippen molar-refractivity contribution >= 4 is 27.4 Å². The summed E-state index contributed by atoms with van der Waals surface area (Å²) in [4.78, 5) is 12.2. The maximum Gasteiger partial charge on any atom is 0.138 e. The van der Waals surface area contributed by atoms with E-state index >= 15 is 0 Å². The van der Waals surface area contributed by atoms with E-state index < -0.39 is 13.3 Å². The van der Waals surface area contributed by atoms with Crippen LogP contribution in [0.3, 0.4) is 0 Å². The zero-order valence-corrected chi connectivity index (χ0v) is 13.5. The predicted octanol–water partition coefficient (Wildman–Crippen LogP) is 3.46. The SMILES string of the molecule is [2H]C1([2H])CCc2sc3ncnc(NC4CCC(N(C)C([2H])([2H])[2H])CC4)c3c21. The van der Waals surface area contributed by atoms with E-state index in [9.17, 15) is 0 Å². The summed E-state index contributed by atoms with van der Waals surface area (Å²) in [5, 5.41) is 4.34. The molecule has 0 radical (unpaired) electrons. The average Bonchev–Trinajstić information content (AvgIpc) is 3.12. The van der Waals surface area contributed by atoms with E-state index in [4.69, 9.17) is 6.85 Å². The molecule has 0 amide bonds. The number of nitrogens with zero attached hydrogens (tertiary/aromatic N) is 3. The van der Waals surface area contributed by atoms with Crippen LogP contribution in [0.15, 0.2) is 6.33 Å². The first-order chi connectivity index (χ1) is 12.7. The Morgan fingerprint density at radius 1 is 1.36 bits per heavy atom. The summed E-state index contributed by atoms with van der Waals surface area (Å²) in [6.07, 6.45) is 4.88. The lowest BCUT2D eigenvalue weighted by Gasteiger charge is -2.33. The maximum atomic E-state index is 8.35. The minimum atomic E-state index is -2.05. The molecule has 118 valence electrons. The Kier molecular flexibility index (Phi) is 2.58. The van der Waals surface area contributed by atoms with Crippen molar-refractivity contribution in [3.05, 3.63) is 16.8 Å². The molecule has 1 saturated carbocycles. The summed E-state index contributed by atoms with van der Waals surface area (Å²) in [5.41, 5.74) is 0.765. The van der Waals surface area contributed by atoms with Gasteiger partial charge < -0.3 is 10.2 Å². The molecule has 2 aromatic heterocycles. The van der Waals surface area contributed by atoms with Gasteiger partial charge in [-0.15, -0.1) is 11.3 Å². The van der Waals surface area contributed by atoms with Crippen LogP contribution in [0.4, 0.5) is 5.82 Å². The molecule has 4 nitrogen and oxygen atoms in total. The van der Waals surface area contributed by atoms with E-state index in [1.54, 1.807) is 24.7 Å². The molecule has 5 heteroatoms. The lowest BCUT2D eigenvalue weighted by Crippen LogP contribution is -2.36. The molecule has 0 aliphatic heterocycles. The van der Waals surface area contributed by atoms with Gasteiger partial charge in [0.25, 0.3) is 0 Å². The Balaban J connectivity index is 1.53. The minimum Gasteiger partial charge on any atom is -0.367 e. The number of fused-ring (bicyclic) bond motifs is 3. The Bertz CT molecular complexity index is 842. The molecule has 2 aliphatic carbocycles. The van der Waals surface area contributed by atoms with E-state index in [0.717, 1.165) is 58.6 Å². The minimum absolute atomic E-state index is 0.0699. The fourth-order valence-electron chi connectivity index (χ4n) is 3.55. The highest BCUT2D eigenvalue weighted by Crippen LogP contribution is 2.39. The van der Waals surface area contributed by atoms with E-state index in [0.29, 0.717) is 6.42 Å². The largest absolute Gasteiger partial charge is 0.367 e. The molecule has 1 N–H and O–H groups in total. The number of hydrogen-bond donors (Lipinski definition) is 1. The van der Waals surface area contributed by atoms with Gasteiger partial charge in [0, 0.05) is 23.8 Å². The van der Waals surface area contributed by atoms with Crippen LogP contribution in [0.5, 0.6) is 0 Å². The van der Waals surface area contributed by atoms with Crippen LogP contribution in [0.25, 0.3) is 10.2 Å². The predicted molar refractivity (Wildman–Crippen MR) is 92.8 cm³/mol. The fourth-order valence-corrected chi connectivity index (χ4v) is 4.67. The van der Waals surface area contributed by atoms with E-state index in [1.165, 1.54) is 4.90 Å². The Morgan fingerprint density at radius 3 is 3.05 bits per heavy atom. The van der Waals surface area contributed by atoms with Crippen molar-refractivity contribution in [1.29, 1.82) is 0 Å². The summed E-state index contributed by atoms with van der Waals surface area (Å²) in [5.74, 6) is 0.718. The van der Waals surface area contributed by atoms with Crippen LogP contribution in [0, 0.1) is 0 Å². The molecule has 0 saturated heterocycles. The summed E-state index contributed by atoms with van der Waals surface area (Å²) in [6, 6.07) is 0.285. The molecule has 2 aliphatic rings. The number of rotatable bonds is 3. The first-order valence-corrected chi connectivity index (χ1v) is 8.75. The topological polar surface area (TPSA) is 41.1 Å². The van der Waals surface area contributed by atoms with Crippen molar-refractivity contribution in [3.8, 4) is 0 Å². The van der Waals surface area contributed by atoms with Gasteiger partial charge in [-0.2, -0.15) is 0 Å². The number of aromatic nitrogens is 2. The molecule has 4 rings (SSSR count). The highest BCUT2D eigenvalue weighted by atomic mass is 32.1. The molecular formula is C17H24N4S. The number of anilines is 1. The number of hydrogen-bond acceptors (Lipinski definition) is 5. The third-order valence-electron chi connectivity index (χ3n) is 4.80. The molecule has 0 bridgehead atoms. The van der Waals surface area contributed by atoms with E-state index in [2.05, 4.69) is 15.3 Å². The second-order valence-electron chi connectivity index (χ2n) is 6.24. The van der Waals surface area contributed by atoms with Crippen molar-refractivity contribution in [2.75, 3.05) is 19.3 Å². The zero-order chi connectivity index (χ0) is 19.4. The summed E-state index contributed by atoms with van der Waals surface area (Å²) in [6.45, 7) is -2.05. The lowest BCUT2D eigenvalue weighted by atomic mass is 9.90. The van der Waals surface area contributed by atoms with Gasteiger partial charge in [0.05, 0.1) is 5.39 Å². The van der Waals surface area contributed by atoms with Gasteiger partial charge in [0.2, 0.25) is 0 Å². The van der Waals surface area contributed by atoms with Crippen LogP contribution < -0.4 is 5.32 Å². The average molecular weight is 322 g/mol. The Hall–Kier alpha value is -1.20. The monoisotopic (exact) mass is 321 g/mol. The van der Waals surface area contributed by atoms with Crippen LogP contribution in [-0.4, -0.2) is 41.0 Å². The highest BCUT2D eigenvalue weighted by molar-refractivity contribution is 7.19. The van der Waals surface area contributed by atoms with Crippen molar-refractivity contribution in [2.45, 2.75) is 57.0 Å². The molecule has 0 aromatic carbocycles. The third-order valence-corrected chi connectivity index (χ3v) is 5.96. The molecule has 0 unspecified atom stereocenters. The van der Waals surface area contributed by atoms with Gasteiger partial charge in [-0.25, -0.2) is 9.97 Å². The van der Waals surface area contributed by atoms with Crippen molar-refractivity contribution in [3.63, 3.8) is 0 Å². The molecule has 0 atom stereocenters. The number of aryl methyl sites for hydroxylation is 2. The summed E-state index contributed by atoms with van der Waals surface area (Å²) < 4.78 is 39.4. The second kappa shape index (κ2) is 5.78. The molecule has 2 heterocycles. The molecule has 2 aromatic rings. The smallest absolute Gasteiger partial charge is 0.138 e. The molecule has 1 fully saturated rings. The van der Waals surface area contributed by atoms with Gasteiger partial charge in [0.15, 0.2) is 0 Å². The third kappa shape index (κ3) is 2.50. The van der Waals surface area contributed by atoms with Crippen molar-refractivity contribution in [2.24, 2.45) is 0 Å². The van der Waals surface area contributed by atoms with Gasteiger partial charge in [-0.1, -0.05) is 0 Å². The summed E-state index contributed by atoms with van der Waals surface area (Å²) >= 11 is 1.57.